The first-order chi connectivity index (χ1) is 6.09. The number of nitrogens with two attached hydrogens (primary N) is 1. The minimum absolute atomic E-state index is 0.545. The first-order valence-corrected chi connectivity index (χ1v) is 5.59. The van der Waals surface area contributed by atoms with Gasteiger partial charge in [-0.15, -0.1) is 0 Å². The van der Waals surface area contributed by atoms with Crippen molar-refractivity contribution >= 4 is 54.2 Å². The molecule has 5 heteroatoms. The summed E-state index contributed by atoms with van der Waals surface area (Å²) >= 11 is 10.9. The van der Waals surface area contributed by atoms with Crippen LogP contribution in [0.15, 0.2) is 10.5 Å². The predicted octanol–water partition coefficient (Wildman–Crippen LogP) is 3.60. The third-order valence-corrected chi connectivity index (χ3v) is 3.86. The highest BCUT2D eigenvalue weighted by Crippen LogP contribution is 2.37. The normalized spacial score (nSPS) is 11.0. The minimum Gasteiger partial charge on any atom is -0.375 e. The number of nitrogen functional groups attached to an aromatic ring is 1. The van der Waals surface area contributed by atoms with Gasteiger partial charge in [-0.1, -0.05) is 22.9 Å². The molecule has 0 aliphatic carbocycles. The number of halogens is 2. The van der Waals surface area contributed by atoms with Crippen molar-refractivity contribution in [1.82, 2.24) is 4.98 Å². The molecule has 2 nitrogen and oxygen atoms in total. The maximum atomic E-state index is 6.11. The molecule has 68 valence electrons. The Kier molecular flexibility index (Phi) is 2.21. The summed E-state index contributed by atoms with van der Waals surface area (Å²) in [6, 6.07) is 1.95. The molecule has 1 aromatic heterocycles. The van der Waals surface area contributed by atoms with Crippen LogP contribution in [0.2, 0.25) is 5.02 Å². The molecule has 0 fully saturated rings. The van der Waals surface area contributed by atoms with Crippen molar-refractivity contribution in [1.29, 1.82) is 0 Å². The van der Waals surface area contributed by atoms with Gasteiger partial charge in [-0.3, -0.25) is 0 Å². The van der Waals surface area contributed by atoms with E-state index in [1.807, 2.05) is 13.0 Å². The van der Waals surface area contributed by atoms with Crippen molar-refractivity contribution in [2.45, 2.75) is 6.92 Å². The molecular weight excluding hydrogens is 272 g/mol. The summed E-state index contributed by atoms with van der Waals surface area (Å²) in [5.74, 6) is 0. The third kappa shape index (κ3) is 1.43. The Morgan fingerprint density at radius 1 is 1.62 bits per heavy atom. The maximum absolute atomic E-state index is 6.11. The van der Waals surface area contributed by atoms with Crippen LogP contribution in [-0.2, 0) is 0 Å². The van der Waals surface area contributed by atoms with Gasteiger partial charge in [0.15, 0.2) is 5.13 Å². The molecule has 0 atom stereocenters. The second-order valence-electron chi connectivity index (χ2n) is 2.72. The van der Waals surface area contributed by atoms with Gasteiger partial charge in [-0.2, -0.15) is 0 Å². The van der Waals surface area contributed by atoms with Crippen molar-refractivity contribution in [3.8, 4) is 0 Å². The summed E-state index contributed by atoms with van der Waals surface area (Å²) in [5, 5.41) is 1.29. The monoisotopic (exact) mass is 276 g/mol. The van der Waals surface area contributed by atoms with E-state index < -0.39 is 0 Å². The molecule has 13 heavy (non-hydrogen) atoms. The van der Waals surface area contributed by atoms with Gasteiger partial charge >= 0.3 is 0 Å². The van der Waals surface area contributed by atoms with Gasteiger partial charge in [0, 0.05) is 4.47 Å². The zero-order valence-corrected chi connectivity index (χ0v) is 9.92. The van der Waals surface area contributed by atoms with Crippen LogP contribution in [0.3, 0.4) is 0 Å². The number of nitrogens with zero attached hydrogens (tertiary/aromatic N) is 1. The van der Waals surface area contributed by atoms with Crippen molar-refractivity contribution < 1.29 is 0 Å². The molecule has 0 radical (unpaired) electrons. The van der Waals surface area contributed by atoms with E-state index in [1.54, 1.807) is 0 Å². The van der Waals surface area contributed by atoms with Crippen molar-refractivity contribution in [2.24, 2.45) is 0 Å². The molecule has 2 aromatic rings. The Morgan fingerprint density at radius 3 is 3.00 bits per heavy atom. The highest BCUT2D eigenvalue weighted by atomic mass is 79.9. The van der Waals surface area contributed by atoms with Crippen LogP contribution in [-0.4, -0.2) is 4.98 Å². The van der Waals surface area contributed by atoms with Gasteiger partial charge < -0.3 is 5.73 Å². The van der Waals surface area contributed by atoms with Crippen LogP contribution in [0.25, 0.3) is 10.2 Å². The molecule has 0 bridgehead atoms. The number of benzene rings is 1. The Labute approximate surface area is 92.8 Å². The fraction of sp³-hybridized carbons (Fsp3) is 0.125. The molecule has 1 heterocycles. The number of thiazole rings is 1. The molecule has 0 saturated carbocycles. The second kappa shape index (κ2) is 3.12. The van der Waals surface area contributed by atoms with Gasteiger partial charge in [0.05, 0.1) is 15.2 Å². The Bertz CT molecular complexity index is 480. The number of anilines is 1. The molecule has 0 aliphatic heterocycles. The van der Waals surface area contributed by atoms with Gasteiger partial charge in [-0.25, -0.2) is 4.98 Å². The summed E-state index contributed by atoms with van der Waals surface area (Å²) in [6.45, 7) is 1.96. The van der Waals surface area contributed by atoms with Crippen molar-refractivity contribution in [2.75, 3.05) is 5.73 Å². The predicted molar refractivity (Wildman–Crippen MR) is 61.5 cm³/mol. The lowest BCUT2D eigenvalue weighted by atomic mass is 10.2. The van der Waals surface area contributed by atoms with E-state index in [-0.39, 0.29) is 0 Å². The van der Waals surface area contributed by atoms with Crippen molar-refractivity contribution in [3.05, 3.63) is 21.1 Å². The molecule has 0 unspecified atom stereocenters. The summed E-state index contributed by atoms with van der Waals surface area (Å²) in [4.78, 5) is 4.18. The fourth-order valence-electron chi connectivity index (χ4n) is 1.15. The highest BCUT2D eigenvalue weighted by molar-refractivity contribution is 9.10. The van der Waals surface area contributed by atoms with E-state index in [0.717, 1.165) is 25.3 Å². The van der Waals surface area contributed by atoms with Gasteiger partial charge in [0.1, 0.15) is 0 Å². The minimum atomic E-state index is 0.545. The Balaban J connectivity index is 2.95. The van der Waals surface area contributed by atoms with Gasteiger partial charge in [0.25, 0.3) is 0 Å². The molecule has 1 aromatic carbocycles. The topological polar surface area (TPSA) is 38.9 Å². The number of rotatable bonds is 0. The second-order valence-corrected chi connectivity index (χ2v) is 4.98. The van der Waals surface area contributed by atoms with Crippen LogP contribution < -0.4 is 5.73 Å². The van der Waals surface area contributed by atoms with E-state index in [4.69, 9.17) is 17.3 Å². The summed E-state index contributed by atoms with van der Waals surface area (Å²) in [5.41, 5.74) is 7.48. The molecule has 0 saturated heterocycles. The SMILES string of the molecule is Cc1cc(Br)c2nc(N)sc2c1Cl. The van der Waals surface area contributed by atoms with E-state index in [1.165, 1.54) is 11.3 Å². The zero-order chi connectivity index (χ0) is 9.59. The lowest BCUT2D eigenvalue weighted by Crippen LogP contribution is -1.81. The van der Waals surface area contributed by atoms with Crippen molar-refractivity contribution in [3.63, 3.8) is 0 Å². The fourth-order valence-corrected chi connectivity index (χ4v) is 3.02. The number of aryl methyl sites for hydroxylation is 1. The van der Waals surface area contributed by atoms with Gasteiger partial charge in [0.2, 0.25) is 0 Å². The van der Waals surface area contributed by atoms with Crippen LogP contribution in [0.4, 0.5) is 5.13 Å². The quantitative estimate of drug-likeness (QED) is 0.799. The van der Waals surface area contributed by atoms with Crippen LogP contribution >= 0.6 is 38.9 Å². The largest absolute Gasteiger partial charge is 0.375 e. The number of aromatic nitrogens is 1. The van der Waals surface area contributed by atoms with Crippen LogP contribution in [0, 0.1) is 6.92 Å². The molecule has 0 aliphatic rings. The van der Waals surface area contributed by atoms with Crippen LogP contribution in [0.1, 0.15) is 5.56 Å². The van der Waals surface area contributed by atoms with E-state index in [9.17, 15) is 0 Å². The Morgan fingerprint density at radius 2 is 2.31 bits per heavy atom. The average Bonchev–Trinajstić information content (AvgIpc) is 2.44. The van der Waals surface area contributed by atoms with Gasteiger partial charge in [-0.05, 0) is 34.5 Å². The van der Waals surface area contributed by atoms with E-state index in [0.29, 0.717) is 5.13 Å². The maximum Gasteiger partial charge on any atom is 0.181 e. The number of hydrogen-bond donors (Lipinski definition) is 1. The smallest absolute Gasteiger partial charge is 0.181 e. The molecule has 2 rings (SSSR count). The van der Waals surface area contributed by atoms with E-state index >= 15 is 0 Å². The molecule has 0 amide bonds. The zero-order valence-electron chi connectivity index (χ0n) is 6.77. The van der Waals surface area contributed by atoms with E-state index in [2.05, 4.69) is 20.9 Å². The summed E-state index contributed by atoms with van der Waals surface area (Å²) in [7, 11) is 0. The first-order valence-electron chi connectivity index (χ1n) is 3.60. The lowest BCUT2D eigenvalue weighted by molar-refractivity contribution is 1.44. The molecule has 2 N–H and O–H groups in total. The lowest BCUT2D eigenvalue weighted by Gasteiger charge is -1.99. The molecular formula is C8H6BrClN2S. The molecule has 0 spiro atoms. The average molecular weight is 278 g/mol. The highest BCUT2D eigenvalue weighted by Gasteiger charge is 2.10. The number of hydrogen-bond acceptors (Lipinski definition) is 3. The standard InChI is InChI=1S/C8H6BrClN2S/c1-3-2-4(9)6-7(5(3)10)13-8(11)12-6/h2H,1H3,(H2,11,12). The first kappa shape index (κ1) is 9.24. The third-order valence-electron chi connectivity index (χ3n) is 1.76. The summed E-state index contributed by atoms with van der Waals surface area (Å²) in [6.07, 6.45) is 0. The Hall–Kier alpha value is -0.320. The summed E-state index contributed by atoms with van der Waals surface area (Å²) < 4.78 is 1.89. The number of fused-ring (bicyclic) bond motifs is 1. The van der Waals surface area contributed by atoms with Crippen LogP contribution in [0.5, 0.6) is 0 Å².